The van der Waals surface area contributed by atoms with Gasteiger partial charge in [-0.15, -0.1) is 0 Å². The Kier molecular flexibility index (Phi) is 6.53. The largest absolute Gasteiger partial charge is 0.366 e. The van der Waals surface area contributed by atoms with Crippen molar-refractivity contribution in [3.63, 3.8) is 0 Å². The van der Waals surface area contributed by atoms with Crippen LogP contribution in [0.2, 0.25) is 0 Å². The highest BCUT2D eigenvalue weighted by molar-refractivity contribution is 8.18. The minimum atomic E-state index is -0.528. The number of imide groups is 1. The van der Waals surface area contributed by atoms with Gasteiger partial charge in [-0.3, -0.25) is 19.3 Å². The number of carbonyl (C=O) groups is 3. The minimum Gasteiger partial charge on any atom is -0.366 e. The van der Waals surface area contributed by atoms with E-state index in [1.54, 1.807) is 6.08 Å². The molecule has 1 fully saturated rings. The number of fused-ring (bicyclic) bond motifs is 1. The first kappa shape index (κ1) is 24.0. The molecule has 0 aliphatic carbocycles. The molecule has 0 saturated carbocycles. The highest BCUT2D eigenvalue weighted by Crippen LogP contribution is 2.44. The molecule has 2 aliphatic rings. The van der Waals surface area contributed by atoms with Crippen LogP contribution in [0.25, 0.3) is 6.08 Å². The first-order valence-electron chi connectivity index (χ1n) is 11.3. The van der Waals surface area contributed by atoms with Crippen LogP contribution >= 0.6 is 11.8 Å². The number of thioether (sulfide) groups is 1. The lowest BCUT2D eigenvalue weighted by Crippen LogP contribution is -2.48. The quantitative estimate of drug-likeness (QED) is 0.562. The molecule has 2 aromatic carbocycles. The molecule has 2 aliphatic heterocycles. The third kappa shape index (κ3) is 4.73. The predicted molar refractivity (Wildman–Crippen MR) is 134 cm³/mol. The zero-order valence-corrected chi connectivity index (χ0v) is 20.5. The summed E-state index contributed by atoms with van der Waals surface area (Å²) in [7, 11) is 0. The molecule has 4 rings (SSSR count). The Hall–Kier alpha value is -3.13. The van der Waals surface area contributed by atoms with Crippen LogP contribution in [0.5, 0.6) is 0 Å². The van der Waals surface area contributed by atoms with E-state index in [-0.39, 0.29) is 10.4 Å². The summed E-state index contributed by atoms with van der Waals surface area (Å²) in [4.78, 5) is 41.3. The summed E-state index contributed by atoms with van der Waals surface area (Å²) < 4.78 is 13.0. The summed E-state index contributed by atoms with van der Waals surface area (Å²) >= 11 is 0.828. The van der Waals surface area contributed by atoms with E-state index in [4.69, 9.17) is 0 Å². The van der Waals surface area contributed by atoms with Crippen LogP contribution in [0.4, 0.5) is 20.6 Å². The van der Waals surface area contributed by atoms with Crippen LogP contribution < -0.4 is 10.2 Å². The molecular weight excluding hydrogens is 453 g/mol. The van der Waals surface area contributed by atoms with Crippen LogP contribution in [0.1, 0.15) is 51.2 Å². The van der Waals surface area contributed by atoms with Gasteiger partial charge < -0.3 is 10.2 Å². The molecule has 8 heteroatoms. The van der Waals surface area contributed by atoms with E-state index in [0.717, 1.165) is 35.2 Å². The Morgan fingerprint density at radius 1 is 1.21 bits per heavy atom. The Morgan fingerprint density at radius 2 is 1.91 bits per heavy atom. The van der Waals surface area contributed by atoms with Crippen molar-refractivity contribution in [3.8, 4) is 0 Å². The zero-order valence-electron chi connectivity index (χ0n) is 19.7. The summed E-state index contributed by atoms with van der Waals surface area (Å²) in [6.07, 6.45) is 2.74. The zero-order chi connectivity index (χ0) is 24.6. The van der Waals surface area contributed by atoms with Crippen LogP contribution in [0, 0.1) is 5.82 Å². The Balaban J connectivity index is 1.50. The number of anilines is 2. The number of halogens is 1. The van der Waals surface area contributed by atoms with E-state index in [1.165, 1.54) is 35.5 Å². The molecule has 2 aromatic rings. The average Bonchev–Trinajstić information content (AvgIpc) is 3.02. The molecule has 0 radical (unpaired) electrons. The van der Waals surface area contributed by atoms with E-state index in [0.29, 0.717) is 11.6 Å². The monoisotopic (exact) mass is 481 g/mol. The Bertz CT molecular complexity index is 1180. The molecule has 1 saturated heterocycles. The topological polar surface area (TPSA) is 69.7 Å². The third-order valence-electron chi connectivity index (χ3n) is 6.33. The van der Waals surface area contributed by atoms with Gasteiger partial charge in [-0.1, -0.05) is 13.0 Å². The van der Waals surface area contributed by atoms with Crippen molar-refractivity contribution in [2.24, 2.45) is 0 Å². The normalized spacial score (nSPS) is 20.6. The van der Waals surface area contributed by atoms with Gasteiger partial charge in [-0.25, -0.2) is 4.39 Å². The van der Waals surface area contributed by atoms with Gasteiger partial charge in [0.15, 0.2) is 0 Å². The lowest BCUT2D eigenvalue weighted by Gasteiger charge is -2.47. The maximum absolute atomic E-state index is 13.0. The number of amides is 3. The van der Waals surface area contributed by atoms with E-state index < -0.39 is 29.4 Å². The predicted octanol–water partition coefficient (Wildman–Crippen LogP) is 5.61. The van der Waals surface area contributed by atoms with Crippen molar-refractivity contribution in [2.45, 2.75) is 45.6 Å². The molecule has 6 nitrogen and oxygen atoms in total. The van der Waals surface area contributed by atoms with Crippen LogP contribution in [0.15, 0.2) is 47.4 Å². The highest BCUT2D eigenvalue weighted by atomic mass is 32.2. The van der Waals surface area contributed by atoms with Crippen molar-refractivity contribution in [3.05, 3.63) is 64.3 Å². The summed E-state index contributed by atoms with van der Waals surface area (Å²) in [5.74, 6) is -1.07. The number of nitrogens with one attached hydrogen (secondary N) is 1. The molecule has 1 N–H and O–H groups in total. The molecule has 1 unspecified atom stereocenters. The molecule has 0 aromatic heterocycles. The van der Waals surface area contributed by atoms with Crippen LogP contribution in [-0.4, -0.2) is 40.6 Å². The first-order valence-corrected chi connectivity index (χ1v) is 12.1. The van der Waals surface area contributed by atoms with Crippen LogP contribution in [0.3, 0.4) is 0 Å². The van der Waals surface area contributed by atoms with Gasteiger partial charge in [0.1, 0.15) is 12.4 Å². The molecule has 3 amide bonds. The first-order chi connectivity index (χ1) is 16.1. The number of carbonyl (C=O) groups excluding carboxylic acids is 3. The number of hydrogen-bond donors (Lipinski definition) is 1. The summed E-state index contributed by atoms with van der Waals surface area (Å²) in [5, 5.41) is 2.08. The van der Waals surface area contributed by atoms with Gasteiger partial charge in [0.25, 0.3) is 11.1 Å². The van der Waals surface area contributed by atoms with Gasteiger partial charge in [-0.05, 0) is 98.5 Å². The van der Waals surface area contributed by atoms with E-state index >= 15 is 0 Å². The standard InChI is InChI=1S/C26H28FN3O3S/c1-5-30-21-11-6-17(12-20(21)16(2)14-26(30,3)4)13-22-24(32)29(25(33)34-22)15-23(31)28-19-9-7-18(27)8-10-19/h6-13,16H,5,14-15H2,1-4H3,(H,28,31)/b22-13-. The van der Waals surface area contributed by atoms with Crippen molar-refractivity contribution in [2.75, 3.05) is 23.3 Å². The summed E-state index contributed by atoms with van der Waals surface area (Å²) in [5.41, 5.74) is 3.74. The van der Waals surface area contributed by atoms with Gasteiger partial charge in [0.2, 0.25) is 5.91 Å². The SMILES string of the molecule is CCN1c2ccc(/C=C3\SC(=O)N(CC(=O)Nc4ccc(F)cc4)C3=O)cc2C(C)CC1(C)C. The molecule has 34 heavy (non-hydrogen) atoms. The van der Waals surface area contributed by atoms with Crippen LogP contribution in [-0.2, 0) is 9.59 Å². The van der Waals surface area contributed by atoms with E-state index in [9.17, 15) is 18.8 Å². The van der Waals surface area contributed by atoms with Crippen molar-refractivity contribution in [1.82, 2.24) is 4.90 Å². The average molecular weight is 482 g/mol. The molecule has 0 bridgehead atoms. The number of benzene rings is 2. The van der Waals surface area contributed by atoms with Gasteiger partial charge >= 0.3 is 0 Å². The third-order valence-corrected chi connectivity index (χ3v) is 7.23. The maximum atomic E-state index is 13.0. The Morgan fingerprint density at radius 3 is 2.59 bits per heavy atom. The van der Waals surface area contributed by atoms with Crippen molar-refractivity contribution < 1.29 is 18.8 Å². The van der Waals surface area contributed by atoms with E-state index in [2.05, 4.69) is 50.0 Å². The summed E-state index contributed by atoms with van der Waals surface area (Å²) in [6.45, 7) is 9.38. The highest BCUT2D eigenvalue weighted by Gasteiger charge is 2.37. The second-order valence-corrected chi connectivity index (χ2v) is 10.3. The second kappa shape index (κ2) is 9.25. The number of nitrogens with zero attached hydrogens (tertiary/aromatic N) is 2. The number of hydrogen-bond acceptors (Lipinski definition) is 5. The van der Waals surface area contributed by atoms with Crippen molar-refractivity contribution in [1.29, 1.82) is 0 Å². The molecular formula is C26H28FN3O3S. The molecule has 1 atom stereocenters. The molecule has 2 heterocycles. The van der Waals surface area contributed by atoms with Crippen molar-refractivity contribution >= 4 is 46.3 Å². The molecule has 0 spiro atoms. The Labute approximate surface area is 203 Å². The lowest BCUT2D eigenvalue weighted by atomic mass is 9.79. The molecule has 178 valence electrons. The smallest absolute Gasteiger partial charge is 0.294 e. The number of rotatable bonds is 5. The fraction of sp³-hybridized carbons (Fsp3) is 0.346. The van der Waals surface area contributed by atoms with Gasteiger partial charge in [0, 0.05) is 23.5 Å². The lowest BCUT2D eigenvalue weighted by molar-refractivity contribution is -0.127. The van der Waals surface area contributed by atoms with Gasteiger partial charge in [0.05, 0.1) is 4.91 Å². The maximum Gasteiger partial charge on any atom is 0.294 e. The minimum absolute atomic E-state index is 0.0693. The fourth-order valence-electron chi connectivity index (χ4n) is 4.86. The summed E-state index contributed by atoms with van der Waals surface area (Å²) in [6, 6.07) is 11.4. The van der Waals surface area contributed by atoms with Gasteiger partial charge in [-0.2, -0.15) is 0 Å². The second-order valence-electron chi connectivity index (χ2n) is 9.30. The fourth-order valence-corrected chi connectivity index (χ4v) is 5.70. The van der Waals surface area contributed by atoms with E-state index in [1.807, 2.05) is 6.07 Å².